The lowest BCUT2D eigenvalue weighted by atomic mass is 10.3. The zero-order chi connectivity index (χ0) is 13.1. The van der Waals surface area contributed by atoms with E-state index in [0.29, 0.717) is 17.5 Å². The van der Waals surface area contributed by atoms with Crippen molar-refractivity contribution < 1.29 is 8.91 Å². The SMILES string of the molecule is Fc1ccc(SCc2noc(-c3ccsc3)n2)cc1. The molecule has 1 aromatic carbocycles. The Morgan fingerprint density at radius 1 is 1.21 bits per heavy atom. The maximum Gasteiger partial charge on any atom is 0.258 e. The third-order valence-corrected chi connectivity index (χ3v) is 4.11. The summed E-state index contributed by atoms with van der Waals surface area (Å²) < 4.78 is 18.0. The van der Waals surface area contributed by atoms with Crippen LogP contribution < -0.4 is 0 Å². The van der Waals surface area contributed by atoms with Crippen LogP contribution in [0, 0.1) is 5.82 Å². The number of hydrogen-bond acceptors (Lipinski definition) is 5. The number of aromatic nitrogens is 2. The number of benzene rings is 1. The van der Waals surface area contributed by atoms with Crippen LogP contribution in [0.4, 0.5) is 4.39 Å². The van der Waals surface area contributed by atoms with E-state index in [2.05, 4.69) is 10.1 Å². The molecule has 0 aliphatic carbocycles. The molecule has 0 spiro atoms. The predicted molar refractivity (Wildman–Crippen MR) is 73.6 cm³/mol. The third-order valence-electron chi connectivity index (χ3n) is 2.42. The molecule has 3 aromatic rings. The molecule has 0 saturated heterocycles. The molecule has 0 saturated carbocycles. The molecule has 0 atom stereocenters. The number of thiophene rings is 1. The van der Waals surface area contributed by atoms with Crippen LogP contribution in [0.25, 0.3) is 11.5 Å². The van der Waals surface area contributed by atoms with Crippen molar-refractivity contribution in [2.75, 3.05) is 0 Å². The van der Waals surface area contributed by atoms with E-state index in [0.717, 1.165) is 10.5 Å². The van der Waals surface area contributed by atoms with Gasteiger partial charge in [-0.25, -0.2) is 4.39 Å². The minimum Gasteiger partial charge on any atom is -0.334 e. The molecule has 3 nitrogen and oxygen atoms in total. The third kappa shape index (κ3) is 3.02. The highest BCUT2D eigenvalue weighted by atomic mass is 32.2. The van der Waals surface area contributed by atoms with E-state index in [9.17, 15) is 4.39 Å². The standard InChI is InChI=1S/C13H9FN2OS2/c14-10-1-3-11(4-2-10)19-8-12-15-13(17-16-12)9-5-6-18-7-9/h1-7H,8H2. The zero-order valence-corrected chi connectivity index (χ0v) is 11.4. The van der Waals surface area contributed by atoms with E-state index < -0.39 is 0 Å². The van der Waals surface area contributed by atoms with Gasteiger partial charge in [0.25, 0.3) is 5.89 Å². The first kappa shape index (κ1) is 12.4. The molecule has 0 aliphatic heterocycles. The fraction of sp³-hybridized carbons (Fsp3) is 0.0769. The number of nitrogens with zero attached hydrogens (tertiary/aromatic N) is 2. The lowest BCUT2D eigenvalue weighted by Crippen LogP contribution is -1.84. The van der Waals surface area contributed by atoms with Gasteiger partial charge in [-0.05, 0) is 35.7 Å². The maximum atomic E-state index is 12.8. The van der Waals surface area contributed by atoms with E-state index in [1.54, 1.807) is 35.2 Å². The van der Waals surface area contributed by atoms with Crippen molar-refractivity contribution in [2.24, 2.45) is 0 Å². The number of hydrogen-bond donors (Lipinski definition) is 0. The van der Waals surface area contributed by atoms with Crippen LogP contribution in [0.3, 0.4) is 0 Å². The van der Waals surface area contributed by atoms with Crippen LogP contribution in [0.15, 0.2) is 50.5 Å². The van der Waals surface area contributed by atoms with Crippen LogP contribution in [0.2, 0.25) is 0 Å². The fourth-order valence-corrected chi connectivity index (χ4v) is 2.87. The van der Waals surface area contributed by atoms with Crippen LogP contribution in [0.5, 0.6) is 0 Å². The molecule has 3 rings (SSSR count). The van der Waals surface area contributed by atoms with Crippen molar-refractivity contribution in [3.05, 3.63) is 52.7 Å². The number of halogens is 1. The highest BCUT2D eigenvalue weighted by Gasteiger charge is 2.09. The Kier molecular flexibility index (Phi) is 3.61. The van der Waals surface area contributed by atoms with Gasteiger partial charge in [0.2, 0.25) is 0 Å². The number of thioether (sulfide) groups is 1. The number of rotatable bonds is 4. The monoisotopic (exact) mass is 292 g/mol. The summed E-state index contributed by atoms with van der Waals surface area (Å²) in [4.78, 5) is 5.29. The summed E-state index contributed by atoms with van der Waals surface area (Å²) in [5, 5.41) is 7.86. The quantitative estimate of drug-likeness (QED) is 0.675. The molecule has 0 unspecified atom stereocenters. The molecule has 2 aromatic heterocycles. The topological polar surface area (TPSA) is 38.9 Å². The summed E-state index contributed by atoms with van der Waals surface area (Å²) in [5.41, 5.74) is 0.940. The lowest BCUT2D eigenvalue weighted by Gasteiger charge is -1.97. The summed E-state index contributed by atoms with van der Waals surface area (Å²) >= 11 is 3.13. The smallest absolute Gasteiger partial charge is 0.258 e. The van der Waals surface area contributed by atoms with Crippen LogP contribution in [-0.2, 0) is 5.75 Å². The highest BCUT2D eigenvalue weighted by molar-refractivity contribution is 7.98. The maximum absolute atomic E-state index is 12.8. The van der Waals surface area contributed by atoms with Gasteiger partial charge >= 0.3 is 0 Å². The van der Waals surface area contributed by atoms with E-state index in [4.69, 9.17) is 4.52 Å². The molecular weight excluding hydrogens is 283 g/mol. The summed E-state index contributed by atoms with van der Waals surface area (Å²) in [6.45, 7) is 0. The van der Waals surface area contributed by atoms with Gasteiger partial charge in [-0.15, -0.1) is 11.8 Å². The van der Waals surface area contributed by atoms with E-state index in [1.165, 1.54) is 12.1 Å². The summed E-state index contributed by atoms with van der Waals surface area (Å²) in [7, 11) is 0. The molecule has 0 radical (unpaired) electrons. The zero-order valence-electron chi connectivity index (χ0n) is 9.75. The molecule has 0 amide bonds. The Labute approximate surface area is 117 Å². The first-order valence-electron chi connectivity index (χ1n) is 5.55. The van der Waals surface area contributed by atoms with Crippen LogP contribution >= 0.6 is 23.1 Å². The predicted octanol–water partition coefficient (Wildman–Crippen LogP) is 4.23. The molecule has 19 heavy (non-hydrogen) atoms. The van der Waals surface area contributed by atoms with E-state index in [-0.39, 0.29) is 5.82 Å². The first-order valence-corrected chi connectivity index (χ1v) is 7.47. The molecule has 0 aliphatic rings. The minimum absolute atomic E-state index is 0.233. The Hall–Kier alpha value is -1.66. The van der Waals surface area contributed by atoms with Crippen molar-refractivity contribution in [1.29, 1.82) is 0 Å². The van der Waals surface area contributed by atoms with Crippen molar-refractivity contribution in [2.45, 2.75) is 10.6 Å². The largest absolute Gasteiger partial charge is 0.334 e. The van der Waals surface area contributed by atoms with Crippen molar-refractivity contribution in [1.82, 2.24) is 10.1 Å². The van der Waals surface area contributed by atoms with Gasteiger partial charge in [0.1, 0.15) is 5.82 Å². The Morgan fingerprint density at radius 3 is 2.79 bits per heavy atom. The highest BCUT2D eigenvalue weighted by Crippen LogP contribution is 2.24. The van der Waals surface area contributed by atoms with Gasteiger partial charge in [0.15, 0.2) is 5.82 Å². The Morgan fingerprint density at radius 2 is 2.05 bits per heavy atom. The average molecular weight is 292 g/mol. The van der Waals surface area contributed by atoms with Crippen molar-refractivity contribution in [3.63, 3.8) is 0 Å². The van der Waals surface area contributed by atoms with Gasteiger partial charge in [0.05, 0.1) is 11.3 Å². The van der Waals surface area contributed by atoms with Gasteiger partial charge in [-0.1, -0.05) is 5.16 Å². The Bertz CT molecular complexity index is 650. The van der Waals surface area contributed by atoms with Gasteiger partial charge in [0, 0.05) is 10.3 Å². The normalized spacial score (nSPS) is 10.8. The van der Waals surface area contributed by atoms with Crippen LogP contribution in [-0.4, -0.2) is 10.1 Å². The van der Waals surface area contributed by atoms with Crippen molar-refractivity contribution >= 4 is 23.1 Å². The molecule has 2 heterocycles. The summed E-state index contributed by atoms with van der Waals surface area (Å²) in [5.74, 6) is 1.54. The van der Waals surface area contributed by atoms with Gasteiger partial charge in [-0.2, -0.15) is 16.3 Å². The van der Waals surface area contributed by atoms with E-state index >= 15 is 0 Å². The molecule has 0 fully saturated rings. The second-order valence-electron chi connectivity index (χ2n) is 3.77. The second kappa shape index (κ2) is 5.54. The van der Waals surface area contributed by atoms with Gasteiger partial charge in [-0.3, -0.25) is 0 Å². The average Bonchev–Trinajstić information content (AvgIpc) is 3.09. The first-order chi connectivity index (χ1) is 9.31. The van der Waals surface area contributed by atoms with Crippen LogP contribution in [0.1, 0.15) is 5.82 Å². The minimum atomic E-state index is -0.233. The lowest BCUT2D eigenvalue weighted by molar-refractivity contribution is 0.425. The molecule has 96 valence electrons. The van der Waals surface area contributed by atoms with Gasteiger partial charge < -0.3 is 4.52 Å². The summed E-state index contributed by atoms with van der Waals surface area (Å²) in [6, 6.07) is 8.29. The molecule has 0 N–H and O–H groups in total. The second-order valence-corrected chi connectivity index (χ2v) is 5.60. The molecular formula is C13H9FN2OS2. The van der Waals surface area contributed by atoms with E-state index in [1.807, 2.05) is 16.8 Å². The van der Waals surface area contributed by atoms with Crippen molar-refractivity contribution in [3.8, 4) is 11.5 Å². The summed E-state index contributed by atoms with van der Waals surface area (Å²) in [6.07, 6.45) is 0. The fourth-order valence-electron chi connectivity index (χ4n) is 1.49. The molecule has 0 bridgehead atoms. The molecule has 6 heteroatoms. The Balaban J connectivity index is 1.66.